The fourth-order valence-corrected chi connectivity index (χ4v) is 15.5. The topological polar surface area (TPSA) is 91.3 Å². The first-order chi connectivity index (χ1) is 27.9. The van der Waals surface area contributed by atoms with Gasteiger partial charge in [-0.2, -0.15) is 9.97 Å². The summed E-state index contributed by atoms with van der Waals surface area (Å²) in [5.74, 6) is 3.04. The SMILES string of the molecule is COCOc1cc(-c2nc3c4c(nc(OC[C@@]56CCCN5C[C@H](F)C6)nc4c2F)N2CCOCC2CCO3)c2c(C#C[Si](C(C)C)(C(C)C)C(C)C)c(F)ccc2c1. The maximum Gasteiger partial charge on any atom is 0.319 e. The molecule has 2 aromatic carbocycles. The quantitative estimate of drug-likeness (QED) is 0.0881. The van der Waals surface area contributed by atoms with Crippen LogP contribution < -0.4 is 19.1 Å². The van der Waals surface area contributed by atoms with Crippen LogP contribution in [0.2, 0.25) is 16.6 Å². The minimum absolute atomic E-state index is 0.0177. The van der Waals surface area contributed by atoms with Crippen LogP contribution >= 0.6 is 0 Å². The van der Waals surface area contributed by atoms with E-state index in [1.165, 1.54) is 13.2 Å². The Morgan fingerprint density at radius 3 is 2.53 bits per heavy atom. The lowest BCUT2D eigenvalue weighted by Gasteiger charge is -2.38. The van der Waals surface area contributed by atoms with Crippen molar-refractivity contribution in [2.45, 2.75) is 102 Å². The van der Waals surface area contributed by atoms with E-state index < -0.39 is 31.4 Å². The highest BCUT2D eigenvalue weighted by Gasteiger charge is 2.49. The van der Waals surface area contributed by atoms with Crippen LogP contribution in [0.5, 0.6) is 17.6 Å². The van der Waals surface area contributed by atoms with Crippen molar-refractivity contribution in [2.75, 3.05) is 64.9 Å². The van der Waals surface area contributed by atoms with Crippen LogP contribution in [0.3, 0.4) is 0 Å². The summed E-state index contributed by atoms with van der Waals surface area (Å²) >= 11 is 0. The molecule has 3 saturated heterocycles. The molecule has 4 aliphatic rings. The zero-order chi connectivity index (χ0) is 40.9. The van der Waals surface area contributed by atoms with Gasteiger partial charge >= 0.3 is 6.01 Å². The third-order valence-electron chi connectivity index (χ3n) is 13.0. The zero-order valence-corrected chi connectivity index (χ0v) is 35.6. The van der Waals surface area contributed by atoms with E-state index in [1.807, 2.05) is 0 Å². The molecule has 0 amide bonds. The number of rotatable bonds is 10. The van der Waals surface area contributed by atoms with E-state index in [-0.39, 0.29) is 60.3 Å². The van der Waals surface area contributed by atoms with Crippen molar-refractivity contribution in [2.24, 2.45) is 0 Å². The van der Waals surface area contributed by atoms with Crippen LogP contribution in [-0.4, -0.2) is 106 Å². The highest BCUT2D eigenvalue weighted by Crippen LogP contribution is 2.46. The molecular formula is C44H54F3N5O5Si. The first-order valence-corrected chi connectivity index (χ1v) is 22.9. The number of methoxy groups -OCH3 is 1. The van der Waals surface area contributed by atoms with Gasteiger partial charge in [-0.15, -0.1) is 5.54 Å². The summed E-state index contributed by atoms with van der Waals surface area (Å²) in [5.41, 5.74) is 4.43. The van der Waals surface area contributed by atoms with Gasteiger partial charge in [0, 0.05) is 44.0 Å². The predicted octanol–water partition coefficient (Wildman–Crippen LogP) is 8.62. The minimum atomic E-state index is -2.31. The molecule has 310 valence electrons. The molecule has 4 aliphatic heterocycles. The number of ether oxygens (including phenoxy) is 5. The van der Waals surface area contributed by atoms with E-state index in [1.54, 1.807) is 18.2 Å². The van der Waals surface area contributed by atoms with E-state index >= 15 is 8.78 Å². The van der Waals surface area contributed by atoms with Gasteiger partial charge < -0.3 is 28.6 Å². The third kappa shape index (κ3) is 7.05. The number of pyridine rings is 1. The van der Waals surface area contributed by atoms with E-state index in [2.05, 4.69) is 62.8 Å². The molecule has 8 rings (SSSR count). The van der Waals surface area contributed by atoms with Crippen molar-refractivity contribution in [3.05, 3.63) is 41.5 Å². The molecule has 3 atom stereocenters. The third-order valence-corrected chi connectivity index (χ3v) is 19.3. The Kier molecular flexibility index (Phi) is 11.3. The summed E-state index contributed by atoms with van der Waals surface area (Å²) in [6.45, 7) is 16.2. The molecule has 2 aromatic heterocycles. The number of morpholine rings is 1. The second-order valence-corrected chi connectivity index (χ2v) is 22.8. The number of anilines is 1. The van der Waals surface area contributed by atoms with Gasteiger partial charge in [0.05, 0.1) is 37.0 Å². The summed E-state index contributed by atoms with van der Waals surface area (Å²) in [5, 5.41) is 1.31. The average Bonchev–Trinajstić information content (AvgIpc) is 3.72. The lowest BCUT2D eigenvalue weighted by molar-refractivity contribution is 0.0512. The van der Waals surface area contributed by atoms with Crippen molar-refractivity contribution < 1.29 is 36.9 Å². The van der Waals surface area contributed by atoms with Crippen LogP contribution in [0.4, 0.5) is 19.0 Å². The predicted molar refractivity (Wildman–Crippen MR) is 221 cm³/mol. The lowest BCUT2D eigenvalue weighted by Crippen LogP contribution is -2.47. The summed E-state index contributed by atoms with van der Waals surface area (Å²) in [6, 6.07) is 6.37. The summed E-state index contributed by atoms with van der Waals surface area (Å²) in [7, 11) is -0.801. The molecule has 0 radical (unpaired) electrons. The van der Waals surface area contributed by atoms with Crippen molar-refractivity contribution in [3.63, 3.8) is 0 Å². The zero-order valence-electron chi connectivity index (χ0n) is 34.6. The molecule has 1 unspecified atom stereocenters. The molecule has 6 heterocycles. The summed E-state index contributed by atoms with van der Waals surface area (Å²) < 4.78 is 78.6. The Morgan fingerprint density at radius 1 is 0.983 bits per heavy atom. The minimum Gasteiger partial charge on any atom is -0.477 e. The molecular weight excluding hydrogens is 764 g/mol. The van der Waals surface area contributed by atoms with Crippen LogP contribution in [0.25, 0.3) is 32.9 Å². The van der Waals surface area contributed by atoms with E-state index in [0.717, 1.165) is 19.4 Å². The van der Waals surface area contributed by atoms with Crippen molar-refractivity contribution >= 4 is 35.6 Å². The first kappa shape index (κ1) is 40.6. The van der Waals surface area contributed by atoms with Crippen molar-refractivity contribution in [3.8, 4) is 40.4 Å². The number of fused-ring (bicyclic) bond motifs is 4. The molecule has 0 aliphatic carbocycles. The average molecular weight is 818 g/mol. The molecule has 0 spiro atoms. The number of nitrogens with zero attached hydrogens (tertiary/aromatic N) is 5. The van der Waals surface area contributed by atoms with Crippen LogP contribution in [-0.2, 0) is 9.47 Å². The van der Waals surface area contributed by atoms with Gasteiger partial charge in [0.2, 0.25) is 5.88 Å². The van der Waals surface area contributed by atoms with Crippen LogP contribution in [0.15, 0.2) is 24.3 Å². The van der Waals surface area contributed by atoms with Crippen molar-refractivity contribution in [1.29, 1.82) is 0 Å². The maximum absolute atomic E-state index is 17.8. The lowest BCUT2D eigenvalue weighted by atomic mass is 9.95. The highest BCUT2D eigenvalue weighted by molar-refractivity contribution is 6.90. The summed E-state index contributed by atoms with van der Waals surface area (Å²) in [4.78, 5) is 18.8. The van der Waals surface area contributed by atoms with E-state index in [4.69, 9.17) is 38.6 Å². The second kappa shape index (κ2) is 16.1. The largest absolute Gasteiger partial charge is 0.477 e. The van der Waals surface area contributed by atoms with Crippen LogP contribution in [0, 0.1) is 23.1 Å². The van der Waals surface area contributed by atoms with Gasteiger partial charge in [0.25, 0.3) is 0 Å². The number of benzene rings is 2. The van der Waals surface area contributed by atoms with Crippen molar-refractivity contribution in [1.82, 2.24) is 19.9 Å². The molecule has 0 N–H and O–H groups in total. The maximum atomic E-state index is 17.8. The molecule has 4 aromatic rings. The Balaban J connectivity index is 1.36. The molecule has 10 nitrogen and oxygen atoms in total. The molecule has 14 heteroatoms. The van der Waals surface area contributed by atoms with Gasteiger partial charge in [-0.3, -0.25) is 4.90 Å². The van der Waals surface area contributed by atoms with Gasteiger partial charge in [-0.05, 0) is 59.6 Å². The second-order valence-electron chi connectivity index (χ2n) is 17.2. The van der Waals surface area contributed by atoms with Gasteiger partial charge in [-0.1, -0.05) is 53.5 Å². The van der Waals surface area contributed by atoms with E-state index in [9.17, 15) is 4.39 Å². The van der Waals surface area contributed by atoms with E-state index in [0.29, 0.717) is 83.5 Å². The molecule has 0 bridgehead atoms. The van der Waals surface area contributed by atoms with Gasteiger partial charge in [-0.25, -0.2) is 18.2 Å². The number of aromatic nitrogens is 3. The van der Waals surface area contributed by atoms with Gasteiger partial charge in [0.15, 0.2) is 12.6 Å². The Morgan fingerprint density at radius 2 is 1.78 bits per heavy atom. The number of halogens is 3. The monoisotopic (exact) mass is 817 g/mol. The Labute approximate surface area is 339 Å². The standard InChI is InChI=1S/C44H54F3N5O5Si/c1-26(2)58(27(3)4,28(5)6)18-12-33-35(46)10-9-29-19-32(57-25-53-7)20-34(36(29)33)39-38(47)40-37-41(52-15-17-54-23-31(52)11-16-55-42(37)48-39)50-43(49-40)56-24-44-13-8-14-51(44)22-30(45)21-44/h9-10,19-20,26-28,30-31H,8,11,13-17,21-25H2,1-7H3/t30-,31?,44+/m1/s1. The number of hydrogen-bond acceptors (Lipinski definition) is 10. The van der Waals surface area contributed by atoms with Gasteiger partial charge in [0.1, 0.15) is 54.8 Å². The fraction of sp³-hybridized carbons (Fsp3) is 0.568. The highest BCUT2D eigenvalue weighted by atomic mass is 28.3. The first-order valence-electron chi connectivity index (χ1n) is 20.7. The molecule has 58 heavy (non-hydrogen) atoms. The Hall–Kier alpha value is -4.16. The molecule has 0 saturated carbocycles. The summed E-state index contributed by atoms with van der Waals surface area (Å²) in [6.07, 6.45) is 1.78. The fourth-order valence-electron chi connectivity index (χ4n) is 10.3. The Bertz CT molecular complexity index is 2240. The molecule has 3 fully saturated rings. The number of alkyl halides is 1. The smallest absolute Gasteiger partial charge is 0.319 e. The number of hydrogen-bond donors (Lipinski definition) is 0. The normalized spacial score (nSPS) is 22.2. The van der Waals surface area contributed by atoms with Crippen LogP contribution in [0.1, 0.15) is 72.8 Å².